The number of rotatable bonds is 4. The van der Waals surface area contributed by atoms with Gasteiger partial charge in [0.1, 0.15) is 11.6 Å². The molecule has 6 heteroatoms. The minimum absolute atomic E-state index is 0.0906. The van der Waals surface area contributed by atoms with E-state index in [-0.39, 0.29) is 11.9 Å². The van der Waals surface area contributed by atoms with Crippen LogP contribution in [0.1, 0.15) is 38.3 Å². The number of hydrogen-bond acceptors (Lipinski definition) is 3. The molecule has 1 saturated heterocycles. The molecule has 0 spiro atoms. The first-order valence-corrected chi connectivity index (χ1v) is 8.00. The molecule has 23 heavy (non-hydrogen) atoms. The molecule has 1 aromatic rings. The van der Waals surface area contributed by atoms with Gasteiger partial charge >= 0.3 is 6.03 Å². The van der Waals surface area contributed by atoms with Gasteiger partial charge in [0, 0.05) is 19.0 Å². The van der Waals surface area contributed by atoms with Gasteiger partial charge in [-0.15, -0.1) is 0 Å². The molecule has 3 unspecified atom stereocenters. The highest BCUT2D eigenvalue weighted by Crippen LogP contribution is 2.28. The summed E-state index contributed by atoms with van der Waals surface area (Å²) in [6, 6.07) is 3.85. The number of aliphatic hydroxyl groups is 1. The smallest absolute Gasteiger partial charge is 0.317 e. The number of aliphatic hydroxyl groups excluding tert-OH is 1. The Kier molecular flexibility index (Phi) is 5.82. The Hall–Kier alpha value is -1.82. The van der Waals surface area contributed by atoms with Crippen LogP contribution in [-0.2, 0) is 0 Å². The second kappa shape index (κ2) is 7.64. The normalized spacial score (nSPS) is 20.7. The van der Waals surface area contributed by atoms with Crippen molar-refractivity contribution >= 4 is 6.03 Å². The Bertz CT molecular complexity index is 551. The molecule has 0 bridgehead atoms. The average molecular weight is 324 g/mol. The van der Waals surface area contributed by atoms with E-state index in [0.717, 1.165) is 12.8 Å². The molecule has 2 N–H and O–H groups in total. The van der Waals surface area contributed by atoms with Crippen LogP contribution in [0.3, 0.4) is 0 Å². The molecule has 1 aliphatic rings. The van der Waals surface area contributed by atoms with Gasteiger partial charge in [0.15, 0.2) is 0 Å². The Balaban J connectivity index is 2.05. The number of benzene rings is 1. The van der Waals surface area contributed by atoms with Crippen LogP contribution in [0.15, 0.2) is 18.2 Å². The molecule has 0 radical (unpaired) electrons. The summed E-state index contributed by atoms with van der Waals surface area (Å²) in [6.07, 6.45) is 1.34. The van der Waals surface area contributed by atoms with E-state index in [4.69, 9.17) is 4.74 Å². The van der Waals surface area contributed by atoms with Crippen molar-refractivity contribution < 1.29 is 19.0 Å². The topological polar surface area (TPSA) is 61.8 Å². The van der Waals surface area contributed by atoms with Gasteiger partial charge in [-0.3, -0.25) is 0 Å². The van der Waals surface area contributed by atoms with Crippen LogP contribution in [-0.4, -0.2) is 42.3 Å². The third kappa shape index (κ3) is 4.13. The molecular weight excluding hydrogens is 299 g/mol. The largest absolute Gasteiger partial charge is 0.496 e. The summed E-state index contributed by atoms with van der Waals surface area (Å²) < 4.78 is 19.3. The number of amides is 2. The van der Waals surface area contributed by atoms with Crippen molar-refractivity contribution in [2.24, 2.45) is 5.92 Å². The maximum absolute atomic E-state index is 14.1. The lowest BCUT2D eigenvalue weighted by molar-refractivity contribution is 0.0734. The fourth-order valence-electron chi connectivity index (χ4n) is 3.05. The van der Waals surface area contributed by atoms with Crippen LogP contribution in [0.4, 0.5) is 9.18 Å². The van der Waals surface area contributed by atoms with Gasteiger partial charge in [-0.2, -0.15) is 0 Å². The number of nitrogens with one attached hydrogen (secondary N) is 1. The fraction of sp³-hybridized carbons (Fsp3) is 0.588. The van der Waals surface area contributed by atoms with Crippen molar-refractivity contribution in [1.82, 2.24) is 10.2 Å². The second-order valence-corrected chi connectivity index (χ2v) is 6.12. The van der Waals surface area contributed by atoms with E-state index in [9.17, 15) is 14.3 Å². The van der Waals surface area contributed by atoms with Crippen LogP contribution < -0.4 is 10.1 Å². The van der Waals surface area contributed by atoms with Crippen molar-refractivity contribution in [1.29, 1.82) is 0 Å². The average Bonchev–Trinajstić information content (AvgIpc) is 2.54. The lowest BCUT2D eigenvalue weighted by Gasteiger charge is -2.35. The summed E-state index contributed by atoms with van der Waals surface area (Å²) in [7, 11) is 1.48. The first-order chi connectivity index (χ1) is 10.9. The van der Waals surface area contributed by atoms with Crippen LogP contribution in [0, 0.1) is 11.7 Å². The fourth-order valence-corrected chi connectivity index (χ4v) is 3.05. The molecule has 2 rings (SSSR count). The van der Waals surface area contributed by atoms with Crippen molar-refractivity contribution in [3.8, 4) is 5.75 Å². The summed E-state index contributed by atoms with van der Waals surface area (Å²) >= 11 is 0. The quantitative estimate of drug-likeness (QED) is 0.895. The molecule has 1 heterocycles. The summed E-state index contributed by atoms with van der Waals surface area (Å²) in [5, 5.41) is 12.5. The van der Waals surface area contributed by atoms with Gasteiger partial charge < -0.3 is 20.1 Å². The third-order valence-electron chi connectivity index (χ3n) is 4.43. The number of halogens is 1. The minimum Gasteiger partial charge on any atom is -0.496 e. The zero-order valence-electron chi connectivity index (χ0n) is 13.9. The van der Waals surface area contributed by atoms with E-state index in [1.807, 2.05) is 0 Å². The maximum atomic E-state index is 14.1. The van der Waals surface area contributed by atoms with Crippen molar-refractivity contribution in [2.45, 2.75) is 38.8 Å². The summed E-state index contributed by atoms with van der Waals surface area (Å²) in [5.74, 6) is 0.101. The molecule has 3 atom stereocenters. The molecule has 0 aromatic heterocycles. The summed E-state index contributed by atoms with van der Waals surface area (Å²) in [6.45, 7) is 4.65. The second-order valence-electron chi connectivity index (χ2n) is 6.12. The summed E-state index contributed by atoms with van der Waals surface area (Å²) in [5.41, 5.74) is 0.340. The van der Waals surface area contributed by atoms with Crippen molar-refractivity contribution in [3.63, 3.8) is 0 Å². The van der Waals surface area contributed by atoms with E-state index in [2.05, 4.69) is 5.32 Å². The standard InChI is InChI=1S/C17H25FN2O3/c1-11(16-14(18)7-4-8-15(16)23-3)19-17(22)20-9-5-6-13(10-20)12(2)21/h4,7-8,11-13,21H,5-6,9-10H2,1-3H3,(H,19,22). The Labute approximate surface area is 136 Å². The number of methoxy groups -OCH3 is 1. The number of hydrogen-bond donors (Lipinski definition) is 2. The van der Waals surface area contributed by atoms with Crippen LogP contribution >= 0.6 is 0 Å². The predicted molar refractivity (Wildman–Crippen MR) is 85.9 cm³/mol. The van der Waals surface area contributed by atoms with E-state index < -0.39 is 18.0 Å². The highest BCUT2D eigenvalue weighted by molar-refractivity contribution is 5.75. The Morgan fingerprint density at radius 2 is 2.22 bits per heavy atom. The zero-order chi connectivity index (χ0) is 17.0. The van der Waals surface area contributed by atoms with Crippen LogP contribution in [0.2, 0.25) is 0 Å². The molecule has 1 aliphatic heterocycles. The lowest BCUT2D eigenvalue weighted by atomic mass is 9.93. The van der Waals surface area contributed by atoms with Crippen LogP contribution in [0.25, 0.3) is 0 Å². The highest BCUT2D eigenvalue weighted by Gasteiger charge is 2.28. The number of carbonyl (C=O) groups excluding carboxylic acids is 1. The van der Waals surface area contributed by atoms with Gasteiger partial charge in [-0.05, 0) is 38.8 Å². The molecule has 1 aromatic carbocycles. The molecule has 128 valence electrons. The molecule has 1 fully saturated rings. The lowest BCUT2D eigenvalue weighted by Crippen LogP contribution is -2.48. The predicted octanol–water partition coefficient (Wildman–Crippen LogP) is 2.70. The zero-order valence-corrected chi connectivity index (χ0v) is 13.9. The first kappa shape index (κ1) is 17.5. The molecule has 5 nitrogen and oxygen atoms in total. The van der Waals surface area contributed by atoms with E-state index in [0.29, 0.717) is 24.4 Å². The number of likely N-dealkylation sites (tertiary alicyclic amines) is 1. The van der Waals surface area contributed by atoms with E-state index >= 15 is 0 Å². The van der Waals surface area contributed by atoms with Crippen LogP contribution in [0.5, 0.6) is 5.75 Å². The van der Waals surface area contributed by atoms with Gasteiger partial charge in [0.05, 0.1) is 24.8 Å². The molecule has 2 amide bonds. The molecule has 0 saturated carbocycles. The molecule has 0 aliphatic carbocycles. The highest BCUT2D eigenvalue weighted by atomic mass is 19.1. The summed E-state index contributed by atoms with van der Waals surface area (Å²) in [4.78, 5) is 14.1. The van der Waals surface area contributed by atoms with Gasteiger partial charge in [-0.25, -0.2) is 9.18 Å². The first-order valence-electron chi connectivity index (χ1n) is 8.00. The van der Waals surface area contributed by atoms with Crippen molar-refractivity contribution in [2.75, 3.05) is 20.2 Å². The number of piperidine rings is 1. The minimum atomic E-state index is -0.509. The van der Waals surface area contributed by atoms with Crippen molar-refractivity contribution in [3.05, 3.63) is 29.6 Å². The van der Waals surface area contributed by atoms with E-state index in [1.54, 1.807) is 30.9 Å². The monoisotopic (exact) mass is 324 g/mol. The number of carbonyl (C=O) groups is 1. The number of nitrogens with zero attached hydrogens (tertiary/aromatic N) is 1. The number of urea groups is 1. The number of ether oxygens (including phenoxy) is 1. The Morgan fingerprint density at radius 1 is 1.48 bits per heavy atom. The van der Waals surface area contributed by atoms with E-state index in [1.165, 1.54) is 13.2 Å². The SMILES string of the molecule is COc1cccc(F)c1C(C)NC(=O)N1CCCC(C(C)O)C1. The molecular formula is C17H25FN2O3. The van der Waals surface area contributed by atoms with Gasteiger partial charge in [0.2, 0.25) is 0 Å². The van der Waals surface area contributed by atoms with Gasteiger partial charge in [-0.1, -0.05) is 6.07 Å². The Morgan fingerprint density at radius 3 is 2.87 bits per heavy atom. The van der Waals surface area contributed by atoms with Gasteiger partial charge in [0.25, 0.3) is 0 Å². The third-order valence-corrected chi connectivity index (χ3v) is 4.43. The maximum Gasteiger partial charge on any atom is 0.317 e.